The molecule has 0 aromatic carbocycles. The summed E-state index contributed by atoms with van der Waals surface area (Å²) in [7, 11) is 2.12. The molecule has 0 spiro atoms. The first-order chi connectivity index (χ1) is 10.1. The third-order valence-corrected chi connectivity index (χ3v) is 4.75. The maximum absolute atomic E-state index is 6.27. The average Bonchev–Trinajstić information content (AvgIpc) is 2.95. The molecule has 5 heteroatoms. The summed E-state index contributed by atoms with van der Waals surface area (Å²) in [5.41, 5.74) is 0.927. The molecule has 2 aromatic rings. The van der Waals surface area contributed by atoms with Crippen LogP contribution in [-0.4, -0.2) is 29.5 Å². The predicted molar refractivity (Wildman–Crippen MR) is 92.4 cm³/mol. The van der Waals surface area contributed by atoms with Crippen molar-refractivity contribution in [2.24, 2.45) is 0 Å². The van der Waals surface area contributed by atoms with Crippen LogP contribution in [0.1, 0.15) is 24.4 Å². The van der Waals surface area contributed by atoms with Crippen LogP contribution < -0.4 is 5.32 Å². The molecule has 2 rings (SSSR count). The Bertz CT molecular complexity index is 557. The molecule has 2 aromatic heterocycles. The minimum atomic E-state index is 0.448. The third-order valence-electron chi connectivity index (χ3n) is 3.50. The zero-order valence-electron chi connectivity index (χ0n) is 12.8. The van der Waals surface area contributed by atoms with Gasteiger partial charge in [-0.25, -0.2) is 4.98 Å². The number of halogens is 1. The first kappa shape index (κ1) is 16.3. The van der Waals surface area contributed by atoms with Crippen molar-refractivity contribution in [2.75, 3.05) is 18.9 Å². The first-order valence-electron chi connectivity index (χ1n) is 7.22. The molecule has 0 aliphatic rings. The van der Waals surface area contributed by atoms with E-state index in [0.717, 1.165) is 36.0 Å². The van der Waals surface area contributed by atoms with Crippen LogP contribution in [-0.2, 0) is 13.0 Å². The Balaban J connectivity index is 2.01. The van der Waals surface area contributed by atoms with Crippen molar-refractivity contribution < 1.29 is 0 Å². The minimum absolute atomic E-state index is 0.448. The summed E-state index contributed by atoms with van der Waals surface area (Å²) in [4.78, 5) is 8.31. The minimum Gasteiger partial charge on any atom is -0.370 e. The van der Waals surface area contributed by atoms with Crippen LogP contribution >= 0.6 is 22.9 Å². The van der Waals surface area contributed by atoms with Crippen molar-refractivity contribution in [3.05, 3.63) is 45.2 Å². The van der Waals surface area contributed by atoms with E-state index in [0.29, 0.717) is 6.04 Å². The molecule has 0 amide bonds. The molecular formula is C16H22ClN3S. The highest BCUT2D eigenvalue weighted by Gasteiger charge is 2.14. The molecule has 21 heavy (non-hydrogen) atoms. The zero-order valence-corrected chi connectivity index (χ0v) is 14.3. The Labute approximate surface area is 136 Å². The fraction of sp³-hybridized carbons (Fsp3) is 0.438. The number of thiophene rings is 1. The van der Waals surface area contributed by atoms with Crippen molar-refractivity contribution in [1.29, 1.82) is 0 Å². The van der Waals surface area contributed by atoms with E-state index >= 15 is 0 Å². The quantitative estimate of drug-likeness (QED) is 0.823. The maximum atomic E-state index is 6.27. The number of hydrogen-bond acceptors (Lipinski definition) is 4. The Kier molecular flexibility index (Phi) is 6.03. The monoisotopic (exact) mass is 323 g/mol. The Morgan fingerprint density at radius 1 is 1.38 bits per heavy atom. The van der Waals surface area contributed by atoms with Crippen LogP contribution in [0, 0.1) is 0 Å². The zero-order chi connectivity index (χ0) is 15.2. The number of pyridine rings is 1. The van der Waals surface area contributed by atoms with E-state index in [1.807, 2.05) is 23.5 Å². The van der Waals surface area contributed by atoms with E-state index in [9.17, 15) is 0 Å². The molecular weight excluding hydrogens is 302 g/mol. The summed E-state index contributed by atoms with van der Waals surface area (Å²) >= 11 is 8.08. The topological polar surface area (TPSA) is 28.2 Å². The normalized spacial score (nSPS) is 12.6. The second kappa shape index (κ2) is 7.78. The first-order valence-corrected chi connectivity index (χ1v) is 8.47. The van der Waals surface area contributed by atoms with E-state index in [1.165, 1.54) is 4.88 Å². The number of anilines is 1. The fourth-order valence-electron chi connectivity index (χ4n) is 2.14. The molecule has 0 bridgehead atoms. The fourth-order valence-corrected chi connectivity index (χ4v) is 3.13. The third kappa shape index (κ3) is 4.70. The lowest BCUT2D eigenvalue weighted by atomic mass is 10.2. The smallest absolute Gasteiger partial charge is 0.126 e. The number of aromatic nitrogens is 1. The van der Waals surface area contributed by atoms with Crippen LogP contribution in [0.4, 0.5) is 5.82 Å². The van der Waals surface area contributed by atoms with E-state index in [4.69, 9.17) is 11.6 Å². The van der Waals surface area contributed by atoms with Gasteiger partial charge in [0.05, 0.1) is 10.7 Å². The molecule has 1 unspecified atom stereocenters. The van der Waals surface area contributed by atoms with Crippen molar-refractivity contribution in [3.63, 3.8) is 0 Å². The van der Waals surface area contributed by atoms with Gasteiger partial charge >= 0.3 is 0 Å². The molecule has 3 nitrogen and oxygen atoms in total. The van der Waals surface area contributed by atoms with Crippen LogP contribution in [0.2, 0.25) is 5.02 Å². The van der Waals surface area contributed by atoms with E-state index < -0.39 is 0 Å². The summed E-state index contributed by atoms with van der Waals surface area (Å²) in [6.07, 6.45) is 1.05. The molecule has 0 radical (unpaired) electrons. The van der Waals surface area contributed by atoms with Crippen molar-refractivity contribution in [1.82, 2.24) is 9.88 Å². The van der Waals surface area contributed by atoms with Gasteiger partial charge in [0.15, 0.2) is 0 Å². The Morgan fingerprint density at radius 3 is 2.86 bits per heavy atom. The molecule has 0 fully saturated rings. The molecule has 114 valence electrons. The van der Waals surface area contributed by atoms with Crippen LogP contribution in [0.5, 0.6) is 0 Å². The molecule has 0 aliphatic heterocycles. The molecule has 1 N–H and O–H groups in total. The summed E-state index contributed by atoms with van der Waals surface area (Å²) in [6.45, 7) is 5.91. The Morgan fingerprint density at radius 2 is 2.19 bits per heavy atom. The summed E-state index contributed by atoms with van der Waals surface area (Å²) in [6, 6.07) is 8.57. The van der Waals surface area contributed by atoms with Gasteiger partial charge in [0.2, 0.25) is 0 Å². The highest BCUT2D eigenvalue weighted by Crippen LogP contribution is 2.20. The number of nitrogens with zero attached hydrogens (tertiary/aromatic N) is 2. The predicted octanol–water partition coefficient (Wildman–Crippen LogP) is 4.29. The van der Waals surface area contributed by atoms with E-state index in [1.54, 1.807) is 0 Å². The lowest BCUT2D eigenvalue weighted by Crippen LogP contribution is -2.30. The molecule has 1 atom stereocenters. The molecule has 0 saturated carbocycles. The van der Waals surface area contributed by atoms with Gasteiger partial charge in [-0.15, -0.1) is 11.3 Å². The summed E-state index contributed by atoms with van der Waals surface area (Å²) < 4.78 is 0. The van der Waals surface area contributed by atoms with Crippen LogP contribution in [0.25, 0.3) is 0 Å². The van der Waals surface area contributed by atoms with Crippen LogP contribution in [0.15, 0.2) is 29.6 Å². The molecule has 0 saturated heterocycles. The number of likely N-dealkylation sites (N-methyl/N-ethyl adjacent to an activating group) is 1. The largest absolute Gasteiger partial charge is 0.370 e. The van der Waals surface area contributed by atoms with E-state index in [-0.39, 0.29) is 0 Å². The molecule has 0 aliphatic carbocycles. The Hall–Kier alpha value is -1.10. The van der Waals surface area contributed by atoms with Crippen molar-refractivity contribution in [2.45, 2.75) is 32.9 Å². The lowest BCUT2D eigenvalue weighted by molar-refractivity contribution is 0.246. The van der Waals surface area contributed by atoms with Crippen molar-refractivity contribution in [3.8, 4) is 0 Å². The van der Waals surface area contributed by atoms with Gasteiger partial charge in [0.1, 0.15) is 5.82 Å². The molecule has 2 heterocycles. The van der Waals surface area contributed by atoms with Gasteiger partial charge < -0.3 is 5.32 Å². The van der Waals surface area contributed by atoms with Crippen molar-refractivity contribution >= 4 is 28.8 Å². The second-order valence-corrected chi connectivity index (χ2v) is 6.64. The summed E-state index contributed by atoms with van der Waals surface area (Å²) in [5.74, 6) is 0.885. The van der Waals surface area contributed by atoms with Gasteiger partial charge in [-0.2, -0.15) is 0 Å². The maximum Gasteiger partial charge on any atom is 0.126 e. The van der Waals surface area contributed by atoms with Gasteiger partial charge in [0.25, 0.3) is 0 Å². The standard InChI is InChI=1S/C16H22ClN3S/c1-4-18-16-8-7-14(17)15(19-16)11-20(3)12(2)10-13-6-5-9-21-13/h5-9,12H,4,10-11H2,1-3H3,(H,18,19). The number of nitrogens with one attached hydrogen (secondary N) is 1. The summed E-state index contributed by atoms with van der Waals surface area (Å²) in [5, 5.41) is 6.08. The van der Waals surface area contributed by atoms with Gasteiger partial charge in [-0.3, -0.25) is 4.90 Å². The average molecular weight is 324 g/mol. The highest BCUT2D eigenvalue weighted by atomic mass is 35.5. The van der Waals surface area contributed by atoms with Gasteiger partial charge in [-0.1, -0.05) is 17.7 Å². The SMILES string of the molecule is CCNc1ccc(Cl)c(CN(C)C(C)Cc2cccs2)n1. The van der Waals surface area contributed by atoms with Gasteiger partial charge in [0, 0.05) is 24.0 Å². The number of rotatable bonds is 7. The lowest BCUT2D eigenvalue weighted by Gasteiger charge is -2.24. The van der Waals surface area contributed by atoms with E-state index in [2.05, 4.69) is 53.6 Å². The van der Waals surface area contributed by atoms with Crippen LogP contribution in [0.3, 0.4) is 0 Å². The highest BCUT2D eigenvalue weighted by molar-refractivity contribution is 7.09. The van der Waals surface area contributed by atoms with Gasteiger partial charge in [-0.05, 0) is 50.9 Å². The second-order valence-electron chi connectivity index (χ2n) is 5.20. The number of hydrogen-bond donors (Lipinski definition) is 1.